The molecule has 1 aliphatic heterocycles. The summed E-state index contributed by atoms with van der Waals surface area (Å²) in [6.07, 6.45) is 0.459. The molecule has 0 aromatic heterocycles. The fraction of sp³-hybridized carbons (Fsp3) is 0.269. The molecule has 1 saturated heterocycles. The number of hydrogen-bond acceptors (Lipinski definition) is 4. The topological polar surface area (TPSA) is 63.7 Å². The predicted octanol–water partition coefficient (Wildman–Crippen LogP) is 4.04. The second kappa shape index (κ2) is 9.57. The van der Waals surface area contributed by atoms with Gasteiger partial charge in [-0.2, -0.15) is 0 Å². The Balaban J connectivity index is 1.72. The Morgan fingerprint density at radius 2 is 1.50 bits per heavy atom. The van der Waals surface area contributed by atoms with Crippen LogP contribution in [0.2, 0.25) is 0 Å². The van der Waals surface area contributed by atoms with Gasteiger partial charge in [-0.3, -0.25) is 4.79 Å². The minimum atomic E-state index is -3.15. The van der Waals surface area contributed by atoms with E-state index in [1.165, 1.54) is 0 Å². The van der Waals surface area contributed by atoms with Gasteiger partial charge in [-0.05, 0) is 35.2 Å². The lowest BCUT2D eigenvalue weighted by atomic mass is 9.89. The number of nitrogens with zero attached hydrogens (tertiary/aromatic N) is 1. The van der Waals surface area contributed by atoms with E-state index < -0.39 is 15.8 Å². The van der Waals surface area contributed by atoms with Crippen molar-refractivity contribution < 1.29 is 17.9 Å². The van der Waals surface area contributed by atoms with Crippen LogP contribution in [0.3, 0.4) is 0 Å². The van der Waals surface area contributed by atoms with Crippen molar-refractivity contribution in [2.45, 2.75) is 24.9 Å². The summed E-state index contributed by atoms with van der Waals surface area (Å²) >= 11 is 0. The molecule has 1 heterocycles. The van der Waals surface area contributed by atoms with E-state index in [2.05, 4.69) is 0 Å². The quantitative estimate of drug-likeness (QED) is 0.546. The fourth-order valence-electron chi connectivity index (χ4n) is 4.27. The highest BCUT2D eigenvalue weighted by Crippen LogP contribution is 2.31. The maximum atomic E-state index is 14.1. The summed E-state index contributed by atoms with van der Waals surface area (Å²) in [7, 11) is -1.54. The Morgan fingerprint density at radius 3 is 1.97 bits per heavy atom. The molecule has 5 nitrogen and oxygen atoms in total. The number of hydrogen-bond donors (Lipinski definition) is 0. The average Bonchev–Trinajstić information content (AvgIpc) is 3.18. The van der Waals surface area contributed by atoms with Crippen molar-refractivity contribution >= 4 is 15.7 Å². The molecule has 32 heavy (non-hydrogen) atoms. The Kier molecular flexibility index (Phi) is 6.61. The highest BCUT2D eigenvalue weighted by Gasteiger charge is 2.37. The van der Waals surface area contributed by atoms with Gasteiger partial charge in [0.05, 0.1) is 24.5 Å². The molecule has 0 spiro atoms. The zero-order valence-electron chi connectivity index (χ0n) is 18.1. The summed E-state index contributed by atoms with van der Waals surface area (Å²) in [6, 6.07) is 26.6. The number of rotatable bonds is 7. The Hall–Kier alpha value is -3.12. The van der Waals surface area contributed by atoms with Gasteiger partial charge in [0.25, 0.3) is 0 Å². The van der Waals surface area contributed by atoms with E-state index in [1.54, 1.807) is 12.0 Å². The second-order valence-electron chi connectivity index (χ2n) is 8.13. The first-order valence-corrected chi connectivity index (χ1v) is 12.5. The van der Waals surface area contributed by atoms with Gasteiger partial charge in [0.15, 0.2) is 9.84 Å². The highest BCUT2D eigenvalue weighted by atomic mass is 32.2. The van der Waals surface area contributed by atoms with E-state index in [9.17, 15) is 13.2 Å². The van der Waals surface area contributed by atoms with Gasteiger partial charge in [0, 0.05) is 12.6 Å². The first kappa shape index (κ1) is 22.1. The Bertz CT molecular complexity index is 1110. The lowest BCUT2D eigenvalue weighted by Gasteiger charge is -2.32. The van der Waals surface area contributed by atoms with Crippen LogP contribution in [0.4, 0.5) is 0 Å². The molecule has 0 unspecified atom stereocenters. The van der Waals surface area contributed by atoms with Crippen LogP contribution in [-0.4, -0.2) is 43.9 Å². The van der Waals surface area contributed by atoms with E-state index in [0.717, 1.165) is 22.4 Å². The van der Waals surface area contributed by atoms with E-state index in [1.807, 2.05) is 84.9 Å². The molecule has 1 amide bonds. The number of methoxy groups -OCH3 is 1. The molecule has 0 aliphatic carbocycles. The zero-order chi connectivity index (χ0) is 22.6. The van der Waals surface area contributed by atoms with Crippen LogP contribution >= 0.6 is 0 Å². The van der Waals surface area contributed by atoms with Crippen molar-refractivity contribution in [2.24, 2.45) is 0 Å². The molecule has 0 bridgehead atoms. The van der Waals surface area contributed by atoms with Crippen LogP contribution in [0.5, 0.6) is 5.75 Å². The van der Waals surface area contributed by atoms with Crippen LogP contribution in [0.25, 0.3) is 0 Å². The molecular weight excluding hydrogens is 422 g/mol. The molecule has 3 aromatic rings. The van der Waals surface area contributed by atoms with E-state index in [-0.39, 0.29) is 23.5 Å². The van der Waals surface area contributed by atoms with Gasteiger partial charge >= 0.3 is 0 Å². The van der Waals surface area contributed by atoms with E-state index in [4.69, 9.17) is 4.74 Å². The third-order valence-electron chi connectivity index (χ3n) is 5.96. The largest absolute Gasteiger partial charge is 0.497 e. The van der Waals surface area contributed by atoms with Gasteiger partial charge in [0.1, 0.15) is 5.75 Å². The van der Waals surface area contributed by atoms with Crippen molar-refractivity contribution in [3.8, 4) is 5.75 Å². The van der Waals surface area contributed by atoms with Gasteiger partial charge in [-0.1, -0.05) is 72.8 Å². The normalized spacial score (nSPS) is 17.2. The Morgan fingerprint density at radius 1 is 0.938 bits per heavy atom. The summed E-state index contributed by atoms with van der Waals surface area (Å²) in [5, 5.41) is 0. The number of carbonyl (C=O) groups excluding carboxylic acids is 1. The zero-order valence-corrected chi connectivity index (χ0v) is 18.9. The highest BCUT2D eigenvalue weighted by molar-refractivity contribution is 7.91. The average molecular weight is 450 g/mol. The predicted molar refractivity (Wildman–Crippen MR) is 125 cm³/mol. The van der Waals surface area contributed by atoms with E-state index in [0.29, 0.717) is 13.0 Å². The molecule has 1 fully saturated rings. The molecule has 3 aromatic carbocycles. The van der Waals surface area contributed by atoms with Crippen molar-refractivity contribution in [2.75, 3.05) is 18.6 Å². The molecule has 166 valence electrons. The first-order valence-electron chi connectivity index (χ1n) is 10.7. The maximum absolute atomic E-state index is 14.1. The molecule has 1 atom stereocenters. The third-order valence-corrected chi connectivity index (χ3v) is 7.71. The second-order valence-corrected chi connectivity index (χ2v) is 10.4. The summed E-state index contributed by atoms with van der Waals surface area (Å²) in [6.45, 7) is 0.346. The number of ether oxygens (including phenoxy) is 1. The molecule has 1 aliphatic rings. The molecule has 0 radical (unpaired) electrons. The molecular formula is C26H27NO4S. The van der Waals surface area contributed by atoms with E-state index >= 15 is 0 Å². The van der Waals surface area contributed by atoms with Gasteiger partial charge in [0.2, 0.25) is 5.91 Å². The Labute approximate surface area is 189 Å². The van der Waals surface area contributed by atoms with Gasteiger partial charge in [-0.25, -0.2) is 8.42 Å². The van der Waals surface area contributed by atoms with Crippen LogP contribution in [-0.2, 0) is 21.2 Å². The van der Waals surface area contributed by atoms with Crippen molar-refractivity contribution in [1.82, 2.24) is 4.90 Å². The van der Waals surface area contributed by atoms with Crippen LogP contribution < -0.4 is 4.74 Å². The maximum Gasteiger partial charge on any atom is 0.235 e. The van der Waals surface area contributed by atoms with Crippen molar-refractivity contribution in [3.05, 3.63) is 102 Å². The van der Waals surface area contributed by atoms with Gasteiger partial charge < -0.3 is 9.64 Å². The third kappa shape index (κ3) is 5.02. The van der Waals surface area contributed by atoms with Gasteiger partial charge in [-0.15, -0.1) is 0 Å². The summed E-state index contributed by atoms with van der Waals surface area (Å²) in [4.78, 5) is 15.8. The molecule has 4 rings (SSSR count). The summed E-state index contributed by atoms with van der Waals surface area (Å²) in [5.41, 5.74) is 2.72. The standard InChI is InChI=1S/C26H27NO4S/c1-31-24-14-12-20(13-15-24)18-27(23-16-17-32(29,30)19-23)26(28)25(21-8-4-2-5-9-21)22-10-6-3-7-11-22/h2-15,23,25H,16-19H2,1H3/t23-/m0/s1. The van der Waals surface area contributed by atoms with Crippen molar-refractivity contribution in [3.63, 3.8) is 0 Å². The lowest BCUT2D eigenvalue weighted by Crippen LogP contribution is -2.43. The minimum absolute atomic E-state index is 0.00515. The number of benzene rings is 3. The van der Waals surface area contributed by atoms with Crippen LogP contribution in [0.15, 0.2) is 84.9 Å². The minimum Gasteiger partial charge on any atom is -0.497 e. The SMILES string of the molecule is COc1ccc(CN(C(=O)C(c2ccccc2)c2ccccc2)[C@H]2CCS(=O)(=O)C2)cc1. The number of amides is 1. The lowest BCUT2D eigenvalue weighted by molar-refractivity contribution is -0.134. The van der Waals surface area contributed by atoms with Crippen LogP contribution in [0, 0.1) is 0 Å². The number of carbonyl (C=O) groups is 1. The molecule has 0 saturated carbocycles. The molecule has 0 N–H and O–H groups in total. The summed E-state index contributed by atoms with van der Waals surface area (Å²) in [5.74, 6) is 0.275. The number of sulfone groups is 1. The summed E-state index contributed by atoms with van der Waals surface area (Å²) < 4.78 is 29.8. The first-order chi connectivity index (χ1) is 15.5. The monoisotopic (exact) mass is 449 g/mol. The molecule has 6 heteroatoms. The fourth-order valence-corrected chi connectivity index (χ4v) is 6.00. The van der Waals surface area contributed by atoms with Crippen LogP contribution in [0.1, 0.15) is 29.0 Å². The smallest absolute Gasteiger partial charge is 0.235 e. The van der Waals surface area contributed by atoms with Crippen molar-refractivity contribution in [1.29, 1.82) is 0 Å².